The summed E-state index contributed by atoms with van der Waals surface area (Å²) >= 11 is 0. The van der Waals surface area contributed by atoms with E-state index < -0.39 is 0 Å². The smallest absolute Gasteiger partial charge is 0.0688 e. The Morgan fingerprint density at radius 2 is 0.708 bits per heavy atom. The highest BCUT2D eigenvalue weighted by atomic mass is 16.3. The van der Waals surface area contributed by atoms with Gasteiger partial charge in [0.25, 0.3) is 0 Å². The summed E-state index contributed by atoms with van der Waals surface area (Å²) in [6, 6.07) is 11.5. The van der Waals surface area contributed by atoms with Crippen molar-refractivity contribution in [1.82, 2.24) is 0 Å². The summed E-state index contributed by atoms with van der Waals surface area (Å²) in [5.41, 5.74) is 3.06. The Hall–Kier alpha value is -2.24. The highest BCUT2D eigenvalue weighted by molar-refractivity contribution is 6.25. The Morgan fingerprint density at radius 1 is 0.458 bits per heavy atom. The van der Waals surface area contributed by atoms with Gasteiger partial charge in [0.2, 0.25) is 0 Å². The zero-order valence-electron chi connectivity index (χ0n) is 13.1. The first kappa shape index (κ1) is 15.3. The Kier molecular flexibility index (Phi) is 3.62. The third-order valence-electron chi connectivity index (χ3n) is 4.92. The Balaban J connectivity index is 2.33. The van der Waals surface area contributed by atoms with Gasteiger partial charge in [-0.15, -0.1) is 0 Å². The van der Waals surface area contributed by atoms with Gasteiger partial charge in [0, 0.05) is 0 Å². The van der Waals surface area contributed by atoms with Crippen LogP contribution < -0.4 is 0 Å². The van der Waals surface area contributed by atoms with Crippen molar-refractivity contribution in [2.24, 2.45) is 0 Å². The second kappa shape index (κ2) is 5.69. The molecule has 122 valence electrons. The van der Waals surface area contributed by atoms with Gasteiger partial charge in [-0.1, -0.05) is 24.3 Å². The number of aliphatic hydroxyl groups is 4. The molecule has 4 aromatic carbocycles. The third-order valence-corrected chi connectivity index (χ3v) is 4.92. The molecule has 0 aliphatic carbocycles. The van der Waals surface area contributed by atoms with Gasteiger partial charge < -0.3 is 20.4 Å². The third kappa shape index (κ3) is 1.95. The average molecular weight is 322 g/mol. The van der Waals surface area contributed by atoms with Gasteiger partial charge >= 0.3 is 0 Å². The van der Waals surface area contributed by atoms with Crippen LogP contribution >= 0.6 is 0 Å². The molecular weight excluding hydrogens is 304 g/mol. The first-order valence-electron chi connectivity index (χ1n) is 7.91. The molecule has 24 heavy (non-hydrogen) atoms. The minimum atomic E-state index is -0.110. The number of hydrogen-bond acceptors (Lipinski definition) is 4. The van der Waals surface area contributed by atoms with Gasteiger partial charge in [-0.3, -0.25) is 0 Å². The standard InChI is InChI=1S/C20H18O4/c21-7-11-5-13(9-23)17-3-4-18-14(10-24)6-12(8-22)16-2-1-15(11)19(17)20(16)18/h1-6,21-24H,7-10H2. The molecular formula is C20H18O4. The van der Waals surface area contributed by atoms with Crippen molar-refractivity contribution < 1.29 is 20.4 Å². The Labute approximate surface area is 138 Å². The summed E-state index contributed by atoms with van der Waals surface area (Å²) in [4.78, 5) is 0. The molecule has 4 aromatic rings. The van der Waals surface area contributed by atoms with Crippen LogP contribution in [-0.4, -0.2) is 20.4 Å². The number of hydrogen-bond donors (Lipinski definition) is 4. The fourth-order valence-corrected chi connectivity index (χ4v) is 3.82. The molecule has 0 amide bonds. The molecule has 0 aromatic heterocycles. The lowest BCUT2D eigenvalue weighted by Gasteiger charge is -2.19. The van der Waals surface area contributed by atoms with Crippen molar-refractivity contribution in [2.45, 2.75) is 26.4 Å². The Morgan fingerprint density at radius 3 is 0.917 bits per heavy atom. The van der Waals surface area contributed by atoms with Crippen LogP contribution in [0.5, 0.6) is 0 Å². The topological polar surface area (TPSA) is 80.9 Å². The van der Waals surface area contributed by atoms with Crippen molar-refractivity contribution in [2.75, 3.05) is 0 Å². The quantitative estimate of drug-likeness (QED) is 0.435. The second-order valence-electron chi connectivity index (χ2n) is 6.09. The van der Waals surface area contributed by atoms with E-state index in [0.717, 1.165) is 54.6 Å². The van der Waals surface area contributed by atoms with Crippen LogP contribution in [0.25, 0.3) is 32.3 Å². The van der Waals surface area contributed by atoms with E-state index in [1.165, 1.54) is 0 Å². The molecule has 0 bridgehead atoms. The molecule has 4 nitrogen and oxygen atoms in total. The lowest BCUT2D eigenvalue weighted by Crippen LogP contribution is -1.99. The summed E-state index contributed by atoms with van der Waals surface area (Å²) in [5, 5.41) is 44.6. The molecule has 0 aliphatic rings. The minimum absolute atomic E-state index is 0.110. The van der Waals surface area contributed by atoms with E-state index in [4.69, 9.17) is 0 Å². The lowest BCUT2D eigenvalue weighted by atomic mass is 9.86. The van der Waals surface area contributed by atoms with Gasteiger partial charge in [0.1, 0.15) is 0 Å². The molecule has 0 heterocycles. The van der Waals surface area contributed by atoms with Crippen molar-refractivity contribution in [3.05, 3.63) is 58.7 Å². The van der Waals surface area contributed by atoms with E-state index in [9.17, 15) is 20.4 Å². The van der Waals surface area contributed by atoms with Crippen LogP contribution in [0.15, 0.2) is 36.4 Å². The summed E-state index contributed by atoms with van der Waals surface area (Å²) < 4.78 is 0. The number of benzene rings is 4. The van der Waals surface area contributed by atoms with Crippen molar-refractivity contribution in [1.29, 1.82) is 0 Å². The van der Waals surface area contributed by atoms with Crippen LogP contribution in [-0.2, 0) is 26.4 Å². The molecule has 0 radical (unpaired) electrons. The fraction of sp³-hybridized carbons (Fsp3) is 0.200. The van der Waals surface area contributed by atoms with Crippen molar-refractivity contribution >= 4 is 32.3 Å². The maximum absolute atomic E-state index is 9.73. The van der Waals surface area contributed by atoms with E-state index in [1.54, 1.807) is 0 Å². The van der Waals surface area contributed by atoms with Gasteiger partial charge in [-0.2, -0.15) is 0 Å². The number of rotatable bonds is 4. The predicted octanol–water partition coefficient (Wildman–Crippen LogP) is 2.55. The Bertz CT molecular complexity index is 890. The normalized spacial score (nSPS) is 12.0. The van der Waals surface area contributed by atoms with E-state index in [0.29, 0.717) is 0 Å². The molecule has 0 saturated carbocycles. The zero-order valence-corrected chi connectivity index (χ0v) is 13.1. The van der Waals surface area contributed by atoms with Crippen molar-refractivity contribution in [3.63, 3.8) is 0 Å². The van der Waals surface area contributed by atoms with E-state index in [1.807, 2.05) is 36.4 Å². The summed E-state index contributed by atoms with van der Waals surface area (Å²) in [5.74, 6) is 0. The molecule has 0 fully saturated rings. The van der Waals surface area contributed by atoms with E-state index in [2.05, 4.69) is 0 Å². The highest BCUT2D eigenvalue weighted by Crippen LogP contribution is 2.40. The maximum atomic E-state index is 9.73. The summed E-state index contributed by atoms with van der Waals surface area (Å²) in [7, 11) is 0. The molecule has 0 aliphatic heterocycles. The predicted molar refractivity (Wildman–Crippen MR) is 93.8 cm³/mol. The van der Waals surface area contributed by atoms with Crippen LogP contribution in [0.2, 0.25) is 0 Å². The van der Waals surface area contributed by atoms with Crippen LogP contribution in [0, 0.1) is 0 Å². The zero-order chi connectivity index (χ0) is 16.8. The first-order chi connectivity index (χ1) is 11.7. The average Bonchev–Trinajstić information content (AvgIpc) is 2.64. The van der Waals surface area contributed by atoms with Gasteiger partial charge in [0.15, 0.2) is 0 Å². The fourth-order valence-electron chi connectivity index (χ4n) is 3.82. The van der Waals surface area contributed by atoms with Crippen molar-refractivity contribution in [3.8, 4) is 0 Å². The maximum Gasteiger partial charge on any atom is 0.0688 e. The minimum Gasteiger partial charge on any atom is -0.392 e. The largest absolute Gasteiger partial charge is 0.392 e. The molecule has 0 unspecified atom stereocenters. The monoisotopic (exact) mass is 322 g/mol. The van der Waals surface area contributed by atoms with Gasteiger partial charge in [0.05, 0.1) is 26.4 Å². The van der Waals surface area contributed by atoms with Gasteiger partial charge in [-0.25, -0.2) is 0 Å². The van der Waals surface area contributed by atoms with E-state index in [-0.39, 0.29) is 26.4 Å². The van der Waals surface area contributed by atoms with Crippen LogP contribution in [0.4, 0.5) is 0 Å². The van der Waals surface area contributed by atoms with Gasteiger partial charge in [-0.05, 0) is 66.7 Å². The molecule has 4 N–H and O–H groups in total. The molecule has 4 heteroatoms. The molecule has 0 atom stereocenters. The first-order valence-corrected chi connectivity index (χ1v) is 7.91. The molecule has 0 saturated heterocycles. The molecule has 0 spiro atoms. The van der Waals surface area contributed by atoms with Crippen LogP contribution in [0.1, 0.15) is 22.3 Å². The van der Waals surface area contributed by atoms with Crippen LogP contribution in [0.3, 0.4) is 0 Å². The van der Waals surface area contributed by atoms with E-state index >= 15 is 0 Å². The summed E-state index contributed by atoms with van der Waals surface area (Å²) in [6.07, 6.45) is 0. The highest BCUT2D eigenvalue weighted by Gasteiger charge is 2.17. The number of aliphatic hydroxyl groups excluding tert-OH is 4. The second-order valence-corrected chi connectivity index (χ2v) is 6.09. The SMILES string of the molecule is OCc1cc(CO)c2ccc3c(CO)cc(CO)c4ccc1c2c43. The summed E-state index contributed by atoms with van der Waals surface area (Å²) in [6.45, 7) is -0.441. The molecule has 4 rings (SSSR count). The lowest BCUT2D eigenvalue weighted by molar-refractivity contribution is 0.276.